The first-order valence-electron chi connectivity index (χ1n) is 8.60. The molecule has 25 heavy (non-hydrogen) atoms. The minimum Gasteiger partial charge on any atom is -0.396 e. The number of amides is 2. The van der Waals surface area contributed by atoms with Crippen LogP contribution in [0.4, 0.5) is 4.79 Å². The molecule has 0 aliphatic rings. The van der Waals surface area contributed by atoms with Crippen molar-refractivity contribution in [3.63, 3.8) is 0 Å². The van der Waals surface area contributed by atoms with Gasteiger partial charge in [-0.2, -0.15) is 4.98 Å². The lowest BCUT2D eigenvalue weighted by atomic mass is 10.1. The fourth-order valence-electron chi connectivity index (χ4n) is 2.32. The first-order chi connectivity index (χ1) is 12.0. The van der Waals surface area contributed by atoms with Gasteiger partial charge in [-0.05, 0) is 24.8 Å². The van der Waals surface area contributed by atoms with Gasteiger partial charge in [0.25, 0.3) is 0 Å². The normalized spacial score (nSPS) is 14.6. The summed E-state index contributed by atoms with van der Waals surface area (Å²) >= 11 is 0. The summed E-state index contributed by atoms with van der Waals surface area (Å²) in [7, 11) is 0. The number of carbonyl (C=O) groups excluding carboxylic acids is 1. The molecule has 0 saturated heterocycles. The summed E-state index contributed by atoms with van der Waals surface area (Å²) in [6.45, 7) is 5.77. The first-order valence-corrected chi connectivity index (χ1v) is 8.60. The molecule has 2 amide bonds. The fraction of sp³-hybridized carbons (Fsp3) is 0.500. The summed E-state index contributed by atoms with van der Waals surface area (Å²) in [5, 5.41) is 19.0. The van der Waals surface area contributed by atoms with Crippen molar-refractivity contribution in [2.45, 2.75) is 45.7 Å². The van der Waals surface area contributed by atoms with Crippen molar-refractivity contribution in [3.8, 4) is 0 Å². The van der Waals surface area contributed by atoms with E-state index in [4.69, 9.17) is 4.52 Å². The summed E-state index contributed by atoms with van der Waals surface area (Å²) in [6.07, 6.45) is 1.61. The maximum Gasteiger partial charge on any atom is 0.315 e. The summed E-state index contributed by atoms with van der Waals surface area (Å²) in [5.41, 5.74) is 0.865. The molecule has 7 heteroatoms. The number of nitrogens with one attached hydrogen (secondary N) is 2. The predicted molar refractivity (Wildman–Crippen MR) is 94.0 cm³/mol. The third kappa shape index (κ3) is 5.29. The minimum atomic E-state index is -0.507. The van der Waals surface area contributed by atoms with Crippen LogP contribution in [0.15, 0.2) is 34.9 Å². The van der Waals surface area contributed by atoms with Crippen LogP contribution in [0.3, 0.4) is 0 Å². The number of aryl methyl sites for hydroxylation is 1. The van der Waals surface area contributed by atoms with Gasteiger partial charge in [0.05, 0.1) is 0 Å². The summed E-state index contributed by atoms with van der Waals surface area (Å²) in [5.74, 6) is 0.942. The average Bonchev–Trinajstić information content (AvgIpc) is 3.08. The van der Waals surface area contributed by atoms with Crippen molar-refractivity contribution in [1.82, 2.24) is 20.8 Å². The molecular formula is C18H26N4O3. The lowest BCUT2D eigenvalue weighted by Crippen LogP contribution is -2.45. The Bertz CT molecular complexity index is 659. The highest BCUT2D eigenvalue weighted by molar-refractivity contribution is 5.75. The molecule has 2 aromatic rings. The Kier molecular flexibility index (Phi) is 6.94. The standard InChI is InChI=1S/C18H26N4O3/c1-4-8-15-20-17(22-25-15)16(14-9-6-5-7-10-14)21-18(24)19-13(3)12(2)11-23/h5-7,9-10,12-13,16,23H,4,8,11H2,1-3H3,(H2,19,21,24). The molecule has 1 aromatic heterocycles. The smallest absolute Gasteiger partial charge is 0.315 e. The number of aliphatic hydroxyl groups excluding tert-OH is 1. The molecule has 3 atom stereocenters. The molecule has 2 rings (SSSR count). The predicted octanol–water partition coefficient (Wildman–Crippen LogP) is 2.43. The van der Waals surface area contributed by atoms with Crippen molar-refractivity contribution in [1.29, 1.82) is 0 Å². The number of aromatic nitrogens is 2. The van der Waals surface area contributed by atoms with E-state index in [-0.39, 0.29) is 24.6 Å². The van der Waals surface area contributed by atoms with Gasteiger partial charge in [-0.1, -0.05) is 49.3 Å². The Morgan fingerprint density at radius 2 is 1.96 bits per heavy atom. The van der Waals surface area contributed by atoms with Crippen LogP contribution >= 0.6 is 0 Å². The van der Waals surface area contributed by atoms with Gasteiger partial charge in [0.1, 0.15) is 6.04 Å². The van der Waals surface area contributed by atoms with E-state index in [2.05, 4.69) is 20.8 Å². The third-order valence-corrected chi connectivity index (χ3v) is 4.11. The molecule has 1 aromatic carbocycles. The number of rotatable bonds is 8. The summed E-state index contributed by atoms with van der Waals surface area (Å²) in [4.78, 5) is 16.8. The summed E-state index contributed by atoms with van der Waals surface area (Å²) < 4.78 is 5.26. The van der Waals surface area contributed by atoms with Gasteiger partial charge < -0.3 is 20.3 Å². The zero-order valence-corrected chi connectivity index (χ0v) is 14.9. The second kappa shape index (κ2) is 9.17. The highest BCUT2D eigenvalue weighted by Gasteiger charge is 2.23. The van der Waals surface area contributed by atoms with Gasteiger partial charge in [0, 0.05) is 19.1 Å². The molecule has 1 heterocycles. The molecule has 0 saturated carbocycles. The highest BCUT2D eigenvalue weighted by atomic mass is 16.5. The van der Waals surface area contributed by atoms with Crippen LogP contribution in [0.5, 0.6) is 0 Å². The van der Waals surface area contributed by atoms with Crippen molar-refractivity contribution < 1.29 is 14.4 Å². The van der Waals surface area contributed by atoms with E-state index in [9.17, 15) is 9.90 Å². The zero-order chi connectivity index (χ0) is 18.2. The molecule has 3 N–H and O–H groups in total. The van der Waals surface area contributed by atoms with Gasteiger partial charge in [-0.15, -0.1) is 0 Å². The zero-order valence-electron chi connectivity index (χ0n) is 14.9. The molecule has 0 radical (unpaired) electrons. The van der Waals surface area contributed by atoms with E-state index in [1.165, 1.54) is 0 Å². The van der Waals surface area contributed by atoms with Crippen LogP contribution in [0.2, 0.25) is 0 Å². The largest absolute Gasteiger partial charge is 0.396 e. The van der Waals surface area contributed by atoms with E-state index >= 15 is 0 Å². The van der Waals surface area contributed by atoms with E-state index in [0.29, 0.717) is 18.1 Å². The number of benzene rings is 1. The van der Waals surface area contributed by atoms with Crippen molar-refractivity contribution in [3.05, 3.63) is 47.6 Å². The van der Waals surface area contributed by atoms with Crippen LogP contribution < -0.4 is 10.6 Å². The topological polar surface area (TPSA) is 100 Å². The quantitative estimate of drug-likeness (QED) is 0.681. The van der Waals surface area contributed by atoms with Gasteiger partial charge >= 0.3 is 6.03 Å². The molecule has 0 bridgehead atoms. The lowest BCUT2D eigenvalue weighted by Gasteiger charge is -2.22. The monoisotopic (exact) mass is 346 g/mol. The maximum absolute atomic E-state index is 12.4. The number of aliphatic hydroxyl groups is 1. The Morgan fingerprint density at radius 1 is 1.24 bits per heavy atom. The van der Waals surface area contributed by atoms with Gasteiger partial charge in [0.15, 0.2) is 5.82 Å². The summed E-state index contributed by atoms with van der Waals surface area (Å²) in [6, 6.07) is 8.49. The van der Waals surface area contributed by atoms with Crippen LogP contribution in [0.25, 0.3) is 0 Å². The Hall–Kier alpha value is -2.41. The van der Waals surface area contributed by atoms with Crippen molar-refractivity contribution >= 4 is 6.03 Å². The van der Waals surface area contributed by atoms with Gasteiger partial charge in [-0.3, -0.25) is 0 Å². The highest BCUT2D eigenvalue weighted by Crippen LogP contribution is 2.20. The molecule has 7 nitrogen and oxygen atoms in total. The van der Waals surface area contributed by atoms with Crippen LogP contribution in [0.1, 0.15) is 50.5 Å². The molecule has 0 spiro atoms. The minimum absolute atomic E-state index is 0.00871. The van der Waals surface area contributed by atoms with E-state index < -0.39 is 6.04 Å². The molecule has 0 fully saturated rings. The van der Waals surface area contributed by atoms with Gasteiger partial charge in [-0.25, -0.2) is 4.79 Å². The van der Waals surface area contributed by atoms with Crippen LogP contribution in [-0.2, 0) is 6.42 Å². The van der Waals surface area contributed by atoms with E-state index in [1.807, 2.05) is 51.1 Å². The first kappa shape index (κ1) is 18.9. The molecule has 0 aliphatic carbocycles. The molecule has 3 unspecified atom stereocenters. The van der Waals surface area contributed by atoms with Gasteiger partial charge in [0.2, 0.25) is 5.89 Å². The number of hydrogen-bond acceptors (Lipinski definition) is 5. The molecule has 0 aliphatic heterocycles. The number of carbonyl (C=O) groups is 1. The number of hydrogen-bond donors (Lipinski definition) is 3. The van der Waals surface area contributed by atoms with Crippen LogP contribution in [-0.4, -0.2) is 33.9 Å². The molecular weight excluding hydrogens is 320 g/mol. The second-order valence-electron chi connectivity index (χ2n) is 6.21. The van der Waals surface area contributed by atoms with Crippen molar-refractivity contribution in [2.24, 2.45) is 5.92 Å². The average molecular weight is 346 g/mol. The second-order valence-corrected chi connectivity index (χ2v) is 6.21. The SMILES string of the molecule is CCCc1nc(C(NC(=O)NC(C)C(C)CO)c2ccccc2)no1. The fourth-order valence-corrected chi connectivity index (χ4v) is 2.32. The lowest BCUT2D eigenvalue weighted by molar-refractivity contribution is 0.199. The van der Waals surface area contributed by atoms with E-state index in [0.717, 1.165) is 12.0 Å². The van der Waals surface area contributed by atoms with Crippen molar-refractivity contribution in [2.75, 3.05) is 6.61 Å². The number of urea groups is 1. The maximum atomic E-state index is 12.4. The Balaban J connectivity index is 2.16. The Labute approximate surface area is 147 Å². The molecule has 136 valence electrons. The van der Waals surface area contributed by atoms with Crippen LogP contribution in [0, 0.1) is 5.92 Å². The van der Waals surface area contributed by atoms with E-state index in [1.54, 1.807) is 0 Å². The third-order valence-electron chi connectivity index (χ3n) is 4.11. The number of nitrogens with zero attached hydrogens (tertiary/aromatic N) is 2. The Morgan fingerprint density at radius 3 is 2.60 bits per heavy atom.